The molecule has 104 valence electrons. The van der Waals surface area contributed by atoms with Crippen LogP contribution in [0.1, 0.15) is 20.3 Å². The van der Waals surface area contributed by atoms with Gasteiger partial charge in [-0.25, -0.2) is 4.79 Å². The lowest BCUT2D eigenvalue weighted by Crippen LogP contribution is -2.43. The maximum absolute atomic E-state index is 11.4. The van der Waals surface area contributed by atoms with E-state index >= 15 is 0 Å². The molecule has 0 atom stereocenters. The number of carbonyl (C=O) groups is 3. The van der Waals surface area contributed by atoms with Gasteiger partial charge in [-0.05, 0) is 27.9 Å². The van der Waals surface area contributed by atoms with Crippen LogP contribution in [-0.2, 0) is 9.59 Å². The summed E-state index contributed by atoms with van der Waals surface area (Å²) in [6, 6.07) is -0.608. The molecule has 3 N–H and O–H groups in total. The molecule has 0 unspecified atom stereocenters. The molecule has 3 amide bonds. The number of likely N-dealkylation sites (N-methyl/N-ethyl adjacent to an activating group) is 1. The van der Waals surface area contributed by atoms with Gasteiger partial charge in [-0.15, -0.1) is 0 Å². The molecule has 7 heteroatoms. The number of carbonyl (C=O) groups excluding carboxylic acids is 2. The third kappa shape index (κ3) is 6.85. The topological polar surface area (TPSA) is 98.7 Å². The van der Waals surface area contributed by atoms with Crippen molar-refractivity contribution in [1.82, 2.24) is 15.5 Å². The molecule has 0 aromatic carbocycles. The summed E-state index contributed by atoms with van der Waals surface area (Å²) in [6.45, 7) is 3.92. The zero-order valence-corrected chi connectivity index (χ0v) is 11.2. The number of urea groups is 1. The summed E-state index contributed by atoms with van der Waals surface area (Å²) in [5, 5.41) is 13.4. The highest BCUT2D eigenvalue weighted by Crippen LogP contribution is 2.19. The number of carboxylic acid groups (broad SMARTS) is 1. The first-order valence-electron chi connectivity index (χ1n) is 5.61. The maximum atomic E-state index is 11.4. The Hall–Kier alpha value is -1.63. The Morgan fingerprint density at radius 3 is 2.22 bits per heavy atom. The lowest BCUT2D eigenvalue weighted by Gasteiger charge is -2.18. The molecule has 0 rings (SSSR count). The Bertz CT molecular complexity index is 326. The van der Waals surface area contributed by atoms with Crippen LogP contribution in [0.25, 0.3) is 0 Å². The predicted molar refractivity (Wildman–Crippen MR) is 66.1 cm³/mol. The molecule has 18 heavy (non-hydrogen) atoms. The van der Waals surface area contributed by atoms with Crippen molar-refractivity contribution in [2.45, 2.75) is 20.3 Å². The van der Waals surface area contributed by atoms with Gasteiger partial charge < -0.3 is 15.3 Å². The second-order valence-electron chi connectivity index (χ2n) is 4.97. The Balaban J connectivity index is 4.02. The molecule has 0 aliphatic carbocycles. The Morgan fingerprint density at radius 2 is 1.78 bits per heavy atom. The molecular weight excluding hydrogens is 238 g/mol. The normalized spacial score (nSPS) is 11.2. The summed E-state index contributed by atoms with van der Waals surface area (Å²) in [7, 11) is 3.72. The zero-order chi connectivity index (χ0) is 14.3. The quantitative estimate of drug-likeness (QED) is 0.617. The van der Waals surface area contributed by atoms with E-state index in [4.69, 9.17) is 5.11 Å². The molecule has 0 spiro atoms. The molecule has 0 bridgehead atoms. The van der Waals surface area contributed by atoms with Gasteiger partial charge in [0.1, 0.15) is 0 Å². The highest BCUT2D eigenvalue weighted by Gasteiger charge is 2.30. The van der Waals surface area contributed by atoms with E-state index in [-0.39, 0.29) is 6.42 Å². The van der Waals surface area contributed by atoms with Crippen molar-refractivity contribution >= 4 is 17.9 Å². The number of rotatable bonds is 6. The fourth-order valence-corrected chi connectivity index (χ4v) is 1.09. The summed E-state index contributed by atoms with van der Waals surface area (Å²) in [4.78, 5) is 35.4. The number of imide groups is 1. The van der Waals surface area contributed by atoms with Gasteiger partial charge in [-0.1, -0.05) is 0 Å². The van der Waals surface area contributed by atoms with Crippen molar-refractivity contribution in [2.75, 3.05) is 27.2 Å². The van der Waals surface area contributed by atoms with Crippen LogP contribution in [0, 0.1) is 5.41 Å². The van der Waals surface area contributed by atoms with E-state index in [9.17, 15) is 14.4 Å². The highest BCUT2D eigenvalue weighted by molar-refractivity contribution is 5.96. The number of carboxylic acids is 1. The molecule has 0 heterocycles. The average Bonchev–Trinajstić information content (AvgIpc) is 2.14. The lowest BCUT2D eigenvalue weighted by molar-refractivity contribution is -0.149. The Labute approximate surface area is 107 Å². The maximum Gasteiger partial charge on any atom is 0.321 e. The lowest BCUT2D eigenvalue weighted by atomic mass is 9.89. The van der Waals surface area contributed by atoms with E-state index < -0.39 is 23.3 Å². The van der Waals surface area contributed by atoms with Crippen molar-refractivity contribution in [3.05, 3.63) is 0 Å². The second-order valence-corrected chi connectivity index (χ2v) is 4.97. The number of nitrogens with one attached hydrogen (secondary N) is 2. The van der Waals surface area contributed by atoms with Gasteiger partial charge >= 0.3 is 12.0 Å². The molecule has 0 saturated carbocycles. The van der Waals surface area contributed by atoms with Crippen molar-refractivity contribution in [3.63, 3.8) is 0 Å². The van der Waals surface area contributed by atoms with Crippen LogP contribution in [0.15, 0.2) is 0 Å². The van der Waals surface area contributed by atoms with Crippen molar-refractivity contribution < 1.29 is 19.5 Å². The average molecular weight is 259 g/mol. The van der Waals surface area contributed by atoms with Gasteiger partial charge in [0.2, 0.25) is 5.91 Å². The fraction of sp³-hybridized carbons (Fsp3) is 0.727. The first kappa shape index (κ1) is 16.4. The first-order valence-corrected chi connectivity index (χ1v) is 5.61. The summed E-state index contributed by atoms with van der Waals surface area (Å²) in [6.07, 6.45) is -0.247. The van der Waals surface area contributed by atoms with Crippen LogP contribution in [0.2, 0.25) is 0 Å². The van der Waals surface area contributed by atoms with Crippen LogP contribution in [-0.4, -0.2) is 55.1 Å². The van der Waals surface area contributed by atoms with E-state index in [0.717, 1.165) is 0 Å². The molecule has 7 nitrogen and oxygen atoms in total. The highest BCUT2D eigenvalue weighted by atomic mass is 16.4. The smallest absolute Gasteiger partial charge is 0.321 e. The number of hydrogen-bond acceptors (Lipinski definition) is 4. The molecule has 0 aliphatic rings. The van der Waals surface area contributed by atoms with Crippen LogP contribution >= 0.6 is 0 Å². The molecule has 0 aromatic rings. The minimum Gasteiger partial charge on any atom is -0.481 e. The monoisotopic (exact) mass is 259 g/mol. The van der Waals surface area contributed by atoms with E-state index in [1.165, 1.54) is 13.8 Å². The summed E-state index contributed by atoms with van der Waals surface area (Å²) in [5.41, 5.74) is -1.19. The van der Waals surface area contributed by atoms with Crippen molar-refractivity contribution in [1.29, 1.82) is 0 Å². The van der Waals surface area contributed by atoms with Crippen LogP contribution in [0.3, 0.4) is 0 Å². The third-order valence-electron chi connectivity index (χ3n) is 2.28. The van der Waals surface area contributed by atoms with Crippen molar-refractivity contribution in [2.24, 2.45) is 5.41 Å². The van der Waals surface area contributed by atoms with E-state index in [0.29, 0.717) is 13.1 Å². The standard InChI is InChI=1S/C11H21N3O4/c1-11(2,9(16)17)7-8(15)13-10(18)12-5-6-14(3)4/h5-7H2,1-4H3,(H,16,17)(H2,12,13,15,18). The second kappa shape index (κ2) is 6.95. The van der Waals surface area contributed by atoms with E-state index in [1.807, 2.05) is 19.0 Å². The van der Waals surface area contributed by atoms with Gasteiger partial charge in [0.05, 0.1) is 5.41 Å². The fourth-order valence-electron chi connectivity index (χ4n) is 1.09. The predicted octanol–water partition coefficient (Wildman–Crippen LogP) is -0.125. The molecule has 0 fully saturated rings. The number of hydrogen-bond donors (Lipinski definition) is 3. The van der Waals surface area contributed by atoms with Crippen LogP contribution < -0.4 is 10.6 Å². The molecule has 0 saturated heterocycles. The van der Waals surface area contributed by atoms with Gasteiger partial charge in [0, 0.05) is 19.5 Å². The summed E-state index contributed by atoms with van der Waals surface area (Å²) in [5.74, 6) is -1.68. The number of amides is 3. The van der Waals surface area contributed by atoms with Gasteiger partial charge in [-0.3, -0.25) is 14.9 Å². The minimum absolute atomic E-state index is 0.247. The molecule has 0 radical (unpaired) electrons. The molecular formula is C11H21N3O4. The Kier molecular flexibility index (Phi) is 6.32. The summed E-state index contributed by atoms with van der Waals surface area (Å²) < 4.78 is 0. The largest absolute Gasteiger partial charge is 0.481 e. The zero-order valence-electron chi connectivity index (χ0n) is 11.2. The van der Waals surface area contributed by atoms with E-state index in [1.54, 1.807) is 0 Å². The SMILES string of the molecule is CN(C)CCNC(=O)NC(=O)CC(C)(C)C(=O)O. The number of aliphatic carboxylic acids is 1. The third-order valence-corrected chi connectivity index (χ3v) is 2.28. The van der Waals surface area contributed by atoms with Crippen LogP contribution in [0.5, 0.6) is 0 Å². The van der Waals surface area contributed by atoms with Gasteiger partial charge in [0.25, 0.3) is 0 Å². The van der Waals surface area contributed by atoms with Gasteiger partial charge in [-0.2, -0.15) is 0 Å². The van der Waals surface area contributed by atoms with Crippen molar-refractivity contribution in [3.8, 4) is 0 Å². The van der Waals surface area contributed by atoms with Crippen LogP contribution in [0.4, 0.5) is 4.79 Å². The molecule has 0 aromatic heterocycles. The molecule has 0 aliphatic heterocycles. The van der Waals surface area contributed by atoms with Gasteiger partial charge in [0.15, 0.2) is 0 Å². The minimum atomic E-state index is -1.19. The Morgan fingerprint density at radius 1 is 1.22 bits per heavy atom. The number of nitrogens with zero attached hydrogens (tertiary/aromatic N) is 1. The van der Waals surface area contributed by atoms with E-state index in [2.05, 4.69) is 10.6 Å². The summed E-state index contributed by atoms with van der Waals surface area (Å²) >= 11 is 0. The first-order chi connectivity index (χ1) is 8.15.